The van der Waals surface area contributed by atoms with Gasteiger partial charge in [-0.25, -0.2) is 9.78 Å². The number of benzene rings is 1. The van der Waals surface area contributed by atoms with Crippen LogP contribution in [0.1, 0.15) is 16.1 Å². The van der Waals surface area contributed by atoms with E-state index in [9.17, 15) is 4.79 Å². The number of carboxylic acid groups (broad SMARTS) is 1. The average Bonchev–Trinajstić information content (AvgIpc) is 2.16. The molecule has 0 fully saturated rings. The second-order valence-electron chi connectivity index (χ2n) is 3.30. The molecular formula is C11H8ClNO2. The summed E-state index contributed by atoms with van der Waals surface area (Å²) < 4.78 is 0. The highest BCUT2D eigenvalue weighted by molar-refractivity contribution is 6.34. The molecule has 3 nitrogen and oxygen atoms in total. The topological polar surface area (TPSA) is 50.2 Å². The molecule has 0 aliphatic rings. The van der Waals surface area contributed by atoms with Crippen molar-refractivity contribution in [2.45, 2.75) is 6.92 Å². The molecule has 4 heteroatoms. The summed E-state index contributed by atoms with van der Waals surface area (Å²) in [5.74, 6) is -0.942. The monoisotopic (exact) mass is 221 g/mol. The first-order chi connectivity index (χ1) is 7.08. The maximum atomic E-state index is 10.8. The first-order valence-corrected chi connectivity index (χ1v) is 4.76. The predicted octanol–water partition coefficient (Wildman–Crippen LogP) is 2.89. The molecule has 2 aromatic rings. The van der Waals surface area contributed by atoms with Crippen LogP contribution in [-0.4, -0.2) is 16.1 Å². The maximum Gasteiger partial charge on any atom is 0.335 e. The van der Waals surface area contributed by atoms with Crippen LogP contribution in [0.4, 0.5) is 0 Å². The number of carbonyl (C=O) groups is 1. The Balaban J connectivity index is 2.76. The molecule has 0 aliphatic heterocycles. The highest BCUT2D eigenvalue weighted by Gasteiger charge is 2.06. The van der Waals surface area contributed by atoms with Crippen LogP contribution >= 0.6 is 11.6 Å². The van der Waals surface area contributed by atoms with E-state index in [1.165, 1.54) is 6.07 Å². The van der Waals surface area contributed by atoms with Crippen LogP contribution in [0.3, 0.4) is 0 Å². The lowest BCUT2D eigenvalue weighted by atomic mass is 10.1. The zero-order chi connectivity index (χ0) is 11.0. The Hall–Kier alpha value is -1.61. The van der Waals surface area contributed by atoms with Crippen molar-refractivity contribution < 1.29 is 9.90 Å². The quantitative estimate of drug-likeness (QED) is 0.754. The molecule has 1 N–H and O–H groups in total. The number of carboxylic acids is 1. The van der Waals surface area contributed by atoms with Gasteiger partial charge in [0, 0.05) is 11.1 Å². The van der Waals surface area contributed by atoms with Crippen molar-refractivity contribution in [1.82, 2.24) is 4.98 Å². The number of halogens is 1. The van der Waals surface area contributed by atoms with Gasteiger partial charge < -0.3 is 5.11 Å². The summed E-state index contributed by atoms with van der Waals surface area (Å²) in [6.07, 6.45) is 0. The second-order valence-corrected chi connectivity index (χ2v) is 3.65. The van der Waals surface area contributed by atoms with Gasteiger partial charge in [-0.2, -0.15) is 0 Å². The minimum absolute atomic E-state index is 0.254. The number of hydrogen-bond acceptors (Lipinski definition) is 2. The summed E-state index contributed by atoms with van der Waals surface area (Å²) in [5, 5.41) is 10.8. The van der Waals surface area contributed by atoms with Gasteiger partial charge in [-0.1, -0.05) is 17.7 Å². The predicted molar refractivity (Wildman–Crippen MR) is 58.4 cm³/mol. The average molecular weight is 222 g/mol. The lowest BCUT2D eigenvalue weighted by Crippen LogP contribution is -1.96. The molecule has 0 unspecified atom stereocenters. The van der Waals surface area contributed by atoms with Crippen LogP contribution in [0.15, 0.2) is 24.3 Å². The van der Waals surface area contributed by atoms with Gasteiger partial charge in [-0.15, -0.1) is 0 Å². The summed E-state index contributed by atoms with van der Waals surface area (Å²) in [5.41, 5.74) is 1.03. The normalized spacial score (nSPS) is 10.5. The smallest absolute Gasteiger partial charge is 0.335 e. The SMILES string of the molecule is Cc1cc2cc(C(=O)O)ccc2c(Cl)n1. The zero-order valence-electron chi connectivity index (χ0n) is 7.99. The van der Waals surface area contributed by atoms with E-state index in [0.717, 1.165) is 16.5 Å². The molecule has 0 spiro atoms. The number of aryl methyl sites for hydroxylation is 1. The van der Waals surface area contributed by atoms with Gasteiger partial charge in [-0.3, -0.25) is 0 Å². The van der Waals surface area contributed by atoms with Gasteiger partial charge in [0.25, 0.3) is 0 Å². The number of nitrogens with zero attached hydrogens (tertiary/aromatic N) is 1. The third-order valence-corrected chi connectivity index (χ3v) is 2.45. The molecule has 0 radical (unpaired) electrons. The molecule has 0 saturated carbocycles. The Morgan fingerprint density at radius 1 is 1.40 bits per heavy atom. The fourth-order valence-electron chi connectivity index (χ4n) is 1.48. The van der Waals surface area contributed by atoms with Crippen molar-refractivity contribution in [3.63, 3.8) is 0 Å². The van der Waals surface area contributed by atoms with E-state index in [1.54, 1.807) is 12.1 Å². The molecule has 76 valence electrons. The van der Waals surface area contributed by atoms with E-state index in [0.29, 0.717) is 5.15 Å². The molecular weight excluding hydrogens is 214 g/mol. The number of pyridine rings is 1. The van der Waals surface area contributed by atoms with Crippen molar-refractivity contribution in [2.24, 2.45) is 0 Å². The Morgan fingerprint density at radius 2 is 2.13 bits per heavy atom. The van der Waals surface area contributed by atoms with Crippen LogP contribution < -0.4 is 0 Å². The molecule has 1 heterocycles. The molecule has 1 aromatic carbocycles. The number of hydrogen-bond donors (Lipinski definition) is 1. The van der Waals surface area contributed by atoms with Gasteiger partial charge in [0.15, 0.2) is 0 Å². The molecule has 0 atom stereocenters. The van der Waals surface area contributed by atoms with Crippen molar-refractivity contribution in [2.75, 3.05) is 0 Å². The highest BCUT2D eigenvalue weighted by Crippen LogP contribution is 2.23. The molecule has 0 bridgehead atoms. The zero-order valence-corrected chi connectivity index (χ0v) is 8.75. The summed E-state index contributed by atoms with van der Waals surface area (Å²) >= 11 is 5.94. The number of aromatic nitrogens is 1. The van der Waals surface area contributed by atoms with Gasteiger partial charge in [-0.05, 0) is 30.5 Å². The Morgan fingerprint density at radius 3 is 2.80 bits per heavy atom. The first-order valence-electron chi connectivity index (χ1n) is 4.38. The Labute approximate surface area is 91.3 Å². The van der Waals surface area contributed by atoms with E-state index in [4.69, 9.17) is 16.7 Å². The van der Waals surface area contributed by atoms with Crippen LogP contribution in [0.5, 0.6) is 0 Å². The largest absolute Gasteiger partial charge is 0.478 e. The van der Waals surface area contributed by atoms with Crippen molar-refractivity contribution in [3.8, 4) is 0 Å². The summed E-state index contributed by atoms with van der Waals surface area (Å²) in [6, 6.07) is 6.60. The maximum absolute atomic E-state index is 10.8. The minimum atomic E-state index is -0.942. The van der Waals surface area contributed by atoms with E-state index < -0.39 is 5.97 Å². The number of aromatic carboxylic acids is 1. The van der Waals surface area contributed by atoms with Gasteiger partial charge in [0.05, 0.1) is 5.56 Å². The van der Waals surface area contributed by atoms with Gasteiger partial charge in [0.2, 0.25) is 0 Å². The van der Waals surface area contributed by atoms with E-state index >= 15 is 0 Å². The number of rotatable bonds is 1. The van der Waals surface area contributed by atoms with Gasteiger partial charge >= 0.3 is 5.97 Å². The molecule has 0 aliphatic carbocycles. The Kier molecular flexibility index (Phi) is 2.32. The van der Waals surface area contributed by atoms with Crippen molar-refractivity contribution in [3.05, 3.63) is 40.7 Å². The van der Waals surface area contributed by atoms with Crippen LogP contribution in [0.25, 0.3) is 10.8 Å². The van der Waals surface area contributed by atoms with Crippen LogP contribution in [0.2, 0.25) is 5.15 Å². The first kappa shape index (κ1) is 9.93. The van der Waals surface area contributed by atoms with Gasteiger partial charge in [0.1, 0.15) is 5.15 Å². The fraction of sp³-hybridized carbons (Fsp3) is 0.0909. The Bertz CT molecular complexity index is 552. The summed E-state index contributed by atoms with van der Waals surface area (Å²) in [7, 11) is 0. The van der Waals surface area contributed by atoms with Crippen LogP contribution in [-0.2, 0) is 0 Å². The third kappa shape index (κ3) is 1.78. The van der Waals surface area contributed by atoms with Crippen molar-refractivity contribution in [1.29, 1.82) is 0 Å². The highest BCUT2D eigenvalue weighted by atomic mass is 35.5. The molecule has 0 saturated heterocycles. The van der Waals surface area contributed by atoms with Crippen molar-refractivity contribution >= 4 is 28.3 Å². The molecule has 1 aromatic heterocycles. The second kappa shape index (κ2) is 3.51. The van der Waals surface area contributed by atoms with Crippen LogP contribution in [0, 0.1) is 6.92 Å². The lowest BCUT2D eigenvalue weighted by Gasteiger charge is -2.02. The molecule has 2 rings (SSSR count). The van der Waals surface area contributed by atoms with E-state index in [2.05, 4.69) is 4.98 Å². The summed E-state index contributed by atoms with van der Waals surface area (Å²) in [6.45, 7) is 1.82. The molecule has 0 amide bonds. The lowest BCUT2D eigenvalue weighted by molar-refractivity contribution is 0.0697. The number of fused-ring (bicyclic) bond motifs is 1. The fourth-order valence-corrected chi connectivity index (χ4v) is 1.78. The summed E-state index contributed by atoms with van der Waals surface area (Å²) in [4.78, 5) is 14.9. The standard InChI is InChI=1S/C11H8ClNO2/c1-6-4-8-5-7(11(14)15)2-3-9(8)10(12)13-6/h2-5H,1H3,(H,14,15). The van der Waals surface area contributed by atoms with E-state index in [1.807, 2.05) is 13.0 Å². The van der Waals surface area contributed by atoms with E-state index in [-0.39, 0.29) is 5.56 Å². The minimum Gasteiger partial charge on any atom is -0.478 e. The third-order valence-electron chi connectivity index (χ3n) is 2.16. The molecule has 15 heavy (non-hydrogen) atoms.